The number of benzene rings is 1. The molecule has 3 heteroatoms. The molecule has 1 fully saturated rings. The van der Waals surface area contributed by atoms with Crippen molar-refractivity contribution in [2.75, 3.05) is 0 Å². The molecule has 1 saturated carbocycles. The van der Waals surface area contributed by atoms with E-state index in [0.29, 0.717) is 17.7 Å². The largest absolute Gasteiger partial charge is 0.508 e. The zero-order valence-electron chi connectivity index (χ0n) is 10.3. The van der Waals surface area contributed by atoms with Gasteiger partial charge in [0.2, 0.25) is 0 Å². The fourth-order valence-electron chi connectivity index (χ4n) is 2.60. The number of phenolic OH excluding ortho intramolecular Hbond substituents is 1. The van der Waals surface area contributed by atoms with Gasteiger partial charge in [-0.3, -0.25) is 0 Å². The van der Waals surface area contributed by atoms with Crippen LogP contribution in [0, 0.1) is 0 Å². The van der Waals surface area contributed by atoms with Crippen molar-refractivity contribution in [1.29, 1.82) is 0 Å². The normalized spacial score (nSPS) is 16.6. The summed E-state index contributed by atoms with van der Waals surface area (Å²) >= 11 is 0. The Hall–Kier alpha value is -1.51. The molecule has 3 nitrogen and oxygen atoms in total. The topological polar surface area (TPSA) is 38.0 Å². The molecule has 1 aromatic heterocycles. The van der Waals surface area contributed by atoms with Gasteiger partial charge in [-0.15, -0.1) is 0 Å². The standard InChI is InChI=1S/C14H18N2O/c1-9(2)16-13-8-11(17)6-7-12(13)15-14(16)10-4-3-5-10/h6-10,17H,3-5H2,1-2H3. The van der Waals surface area contributed by atoms with Gasteiger partial charge in [0.1, 0.15) is 11.6 Å². The van der Waals surface area contributed by atoms with E-state index in [0.717, 1.165) is 11.0 Å². The Bertz CT molecular complexity index is 553. The van der Waals surface area contributed by atoms with Crippen molar-refractivity contribution < 1.29 is 5.11 Å². The molecule has 0 atom stereocenters. The summed E-state index contributed by atoms with van der Waals surface area (Å²) < 4.78 is 2.28. The van der Waals surface area contributed by atoms with Crippen LogP contribution in [-0.4, -0.2) is 14.7 Å². The smallest absolute Gasteiger partial charge is 0.117 e. The molecule has 0 unspecified atom stereocenters. The van der Waals surface area contributed by atoms with Crippen LogP contribution < -0.4 is 0 Å². The van der Waals surface area contributed by atoms with Crippen molar-refractivity contribution in [3.05, 3.63) is 24.0 Å². The molecule has 3 rings (SSSR count). The summed E-state index contributed by atoms with van der Waals surface area (Å²) in [4.78, 5) is 4.75. The predicted molar refractivity (Wildman–Crippen MR) is 68.4 cm³/mol. The minimum absolute atomic E-state index is 0.319. The van der Waals surface area contributed by atoms with Crippen molar-refractivity contribution in [2.45, 2.75) is 45.1 Å². The van der Waals surface area contributed by atoms with Crippen molar-refractivity contribution >= 4 is 11.0 Å². The van der Waals surface area contributed by atoms with Gasteiger partial charge in [-0.1, -0.05) is 6.42 Å². The van der Waals surface area contributed by atoms with Gasteiger partial charge in [0, 0.05) is 18.0 Å². The quantitative estimate of drug-likeness (QED) is 0.856. The lowest BCUT2D eigenvalue weighted by Gasteiger charge is -2.27. The van der Waals surface area contributed by atoms with Crippen molar-refractivity contribution in [1.82, 2.24) is 9.55 Å². The Labute approximate surface area is 101 Å². The Morgan fingerprint density at radius 2 is 2.12 bits per heavy atom. The molecular formula is C14H18N2O. The molecule has 90 valence electrons. The van der Waals surface area contributed by atoms with Crippen LogP contribution in [0.1, 0.15) is 50.9 Å². The molecule has 0 bridgehead atoms. The monoisotopic (exact) mass is 230 g/mol. The van der Waals surface area contributed by atoms with Crippen LogP contribution in [0.25, 0.3) is 11.0 Å². The first kappa shape index (κ1) is 10.6. The summed E-state index contributed by atoms with van der Waals surface area (Å²) in [5.74, 6) is 2.14. The van der Waals surface area contributed by atoms with Gasteiger partial charge in [0.25, 0.3) is 0 Å². The van der Waals surface area contributed by atoms with Crippen molar-refractivity contribution in [3.63, 3.8) is 0 Å². The lowest BCUT2D eigenvalue weighted by molar-refractivity contribution is 0.381. The van der Waals surface area contributed by atoms with E-state index in [4.69, 9.17) is 4.98 Å². The fourth-order valence-corrected chi connectivity index (χ4v) is 2.60. The maximum absolute atomic E-state index is 9.61. The molecule has 2 aromatic rings. The van der Waals surface area contributed by atoms with Crippen LogP contribution in [0.3, 0.4) is 0 Å². The van der Waals surface area contributed by atoms with Crippen LogP contribution in [-0.2, 0) is 0 Å². The zero-order chi connectivity index (χ0) is 12.0. The molecule has 1 heterocycles. The third-order valence-electron chi connectivity index (χ3n) is 3.69. The number of aromatic hydroxyl groups is 1. The van der Waals surface area contributed by atoms with Gasteiger partial charge in [-0.05, 0) is 38.8 Å². The summed E-state index contributed by atoms with van der Waals surface area (Å²) in [7, 11) is 0. The third kappa shape index (κ3) is 1.61. The highest BCUT2D eigenvalue weighted by Crippen LogP contribution is 2.38. The van der Waals surface area contributed by atoms with Crippen LogP contribution in [0.15, 0.2) is 18.2 Å². The molecule has 1 aromatic carbocycles. The molecule has 1 N–H and O–H groups in total. The molecule has 17 heavy (non-hydrogen) atoms. The lowest BCUT2D eigenvalue weighted by Crippen LogP contribution is -2.16. The average Bonchev–Trinajstić information content (AvgIpc) is 2.52. The maximum atomic E-state index is 9.61. The number of fused-ring (bicyclic) bond motifs is 1. The highest BCUT2D eigenvalue weighted by Gasteiger charge is 2.26. The highest BCUT2D eigenvalue weighted by molar-refractivity contribution is 5.78. The third-order valence-corrected chi connectivity index (χ3v) is 3.69. The molecule has 0 radical (unpaired) electrons. The number of rotatable bonds is 2. The van der Waals surface area contributed by atoms with Crippen LogP contribution in [0.4, 0.5) is 0 Å². The summed E-state index contributed by atoms with van der Waals surface area (Å²) in [6.45, 7) is 4.35. The van der Waals surface area contributed by atoms with Gasteiger partial charge in [-0.2, -0.15) is 0 Å². The second kappa shape index (κ2) is 3.76. The zero-order valence-corrected chi connectivity index (χ0v) is 10.3. The summed E-state index contributed by atoms with van der Waals surface area (Å²) in [5, 5.41) is 9.61. The molecule has 1 aliphatic carbocycles. The van der Waals surface area contributed by atoms with E-state index in [2.05, 4.69) is 18.4 Å². The van der Waals surface area contributed by atoms with E-state index in [-0.39, 0.29) is 0 Å². The van der Waals surface area contributed by atoms with E-state index in [1.54, 1.807) is 6.07 Å². The van der Waals surface area contributed by atoms with E-state index in [1.165, 1.54) is 25.1 Å². The Morgan fingerprint density at radius 1 is 1.35 bits per heavy atom. The number of aromatic nitrogens is 2. The van der Waals surface area contributed by atoms with Crippen LogP contribution in [0.5, 0.6) is 5.75 Å². The Morgan fingerprint density at radius 3 is 2.71 bits per heavy atom. The lowest BCUT2D eigenvalue weighted by atomic mass is 9.84. The molecule has 0 saturated heterocycles. The number of imidazole rings is 1. The molecular weight excluding hydrogens is 212 g/mol. The summed E-state index contributed by atoms with van der Waals surface area (Å²) in [6, 6.07) is 5.83. The molecule has 0 amide bonds. The number of nitrogens with zero attached hydrogens (tertiary/aromatic N) is 2. The van der Waals surface area contributed by atoms with E-state index in [9.17, 15) is 5.11 Å². The first-order valence-corrected chi connectivity index (χ1v) is 6.37. The predicted octanol–water partition coefficient (Wildman–Crippen LogP) is 3.59. The van der Waals surface area contributed by atoms with E-state index >= 15 is 0 Å². The Kier molecular flexibility index (Phi) is 2.35. The highest BCUT2D eigenvalue weighted by atomic mass is 16.3. The SMILES string of the molecule is CC(C)n1c(C2CCC2)nc2ccc(O)cc21. The number of hydrogen-bond donors (Lipinski definition) is 1. The average molecular weight is 230 g/mol. The Balaban J connectivity index is 2.23. The minimum Gasteiger partial charge on any atom is -0.508 e. The number of phenols is 1. The van der Waals surface area contributed by atoms with Gasteiger partial charge < -0.3 is 9.67 Å². The first-order valence-electron chi connectivity index (χ1n) is 6.37. The molecule has 0 spiro atoms. The molecule has 1 aliphatic rings. The maximum Gasteiger partial charge on any atom is 0.117 e. The van der Waals surface area contributed by atoms with Gasteiger partial charge >= 0.3 is 0 Å². The van der Waals surface area contributed by atoms with Crippen molar-refractivity contribution in [3.8, 4) is 5.75 Å². The first-order chi connectivity index (χ1) is 8.16. The van der Waals surface area contributed by atoms with Gasteiger partial charge in [0.05, 0.1) is 11.0 Å². The summed E-state index contributed by atoms with van der Waals surface area (Å²) in [6.07, 6.45) is 3.82. The van der Waals surface area contributed by atoms with E-state index < -0.39 is 0 Å². The van der Waals surface area contributed by atoms with E-state index in [1.807, 2.05) is 12.1 Å². The van der Waals surface area contributed by atoms with Crippen LogP contribution >= 0.6 is 0 Å². The fraction of sp³-hybridized carbons (Fsp3) is 0.500. The molecule has 0 aliphatic heterocycles. The minimum atomic E-state index is 0.319. The van der Waals surface area contributed by atoms with Crippen LogP contribution in [0.2, 0.25) is 0 Å². The number of hydrogen-bond acceptors (Lipinski definition) is 2. The van der Waals surface area contributed by atoms with Gasteiger partial charge in [0.15, 0.2) is 0 Å². The second-order valence-corrected chi connectivity index (χ2v) is 5.23. The second-order valence-electron chi connectivity index (χ2n) is 5.23. The van der Waals surface area contributed by atoms with Gasteiger partial charge in [-0.25, -0.2) is 4.98 Å². The summed E-state index contributed by atoms with van der Waals surface area (Å²) in [5.41, 5.74) is 2.06. The van der Waals surface area contributed by atoms with Crippen molar-refractivity contribution in [2.24, 2.45) is 0 Å².